The number of esters is 3. The number of ether oxygens (including phenoxy) is 3. The third-order valence-electron chi connectivity index (χ3n) is 12.1. The van der Waals surface area contributed by atoms with Crippen LogP contribution in [0.25, 0.3) is 0 Å². The summed E-state index contributed by atoms with van der Waals surface area (Å²) in [5.41, 5.74) is 0. The quantitative estimate of drug-likeness (QED) is 0.0197. The fraction of sp³-hybridized carbons (Fsp3) is 0.750. The molecule has 0 heterocycles. The first-order valence-corrected chi connectivity index (χ1v) is 30.3. The second-order valence-electron chi connectivity index (χ2n) is 19.1. The fourth-order valence-corrected chi connectivity index (χ4v) is 8.51. The molecule has 416 valence electrons. The van der Waals surface area contributed by atoms with Crippen LogP contribution in [0.2, 0.25) is 0 Å². The van der Waals surface area contributed by atoms with Crippen LogP contribution in [-0.2, 0) is 42.2 Å². The molecule has 2 N–H and O–H groups in total. The summed E-state index contributed by atoms with van der Waals surface area (Å²) < 4.78 is 39.5. The zero-order chi connectivity index (χ0) is 52.7. The number of hydrogen-bond donors (Lipinski definition) is 2. The Bertz CT molecular complexity index is 1490. The molecule has 0 spiro atoms. The van der Waals surface area contributed by atoms with Crippen LogP contribution in [0.5, 0.6) is 0 Å². The van der Waals surface area contributed by atoms with Gasteiger partial charge in [0.15, 0.2) is 6.10 Å². The zero-order valence-electron chi connectivity index (χ0n) is 45.9. The van der Waals surface area contributed by atoms with E-state index in [9.17, 15) is 28.9 Å². The third-order valence-corrected chi connectivity index (χ3v) is 13.1. The highest BCUT2D eigenvalue weighted by Gasteiger charge is 2.28. The maximum atomic E-state index is 12.9. The summed E-state index contributed by atoms with van der Waals surface area (Å²) in [4.78, 5) is 48.5. The summed E-state index contributed by atoms with van der Waals surface area (Å²) in [5, 5.41) is 9.79. The van der Waals surface area contributed by atoms with Crippen molar-refractivity contribution in [3.63, 3.8) is 0 Å². The lowest BCUT2D eigenvalue weighted by molar-refractivity contribution is -0.161. The van der Waals surface area contributed by atoms with Gasteiger partial charge in [0.25, 0.3) is 0 Å². The predicted molar refractivity (Wildman–Crippen MR) is 298 cm³/mol. The number of rotatable bonds is 53. The van der Waals surface area contributed by atoms with Crippen molar-refractivity contribution >= 4 is 25.7 Å². The van der Waals surface area contributed by atoms with E-state index in [4.69, 9.17) is 23.3 Å². The van der Waals surface area contributed by atoms with Crippen LogP contribution in [0.3, 0.4) is 0 Å². The normalized spacial score (nSPS) is 13.9. The first-order chi connectivity index (χ1) is 35.2. The molecule has 0 aromatic carbocycles. The molecular weight excluding hydrogens is 928 g/mol. The van der Waals surface area contributed by atoms with Gasteiger partial charge in [0.05, 0.1) is 19.8 Å². The van der Waals surface area contributed by atoms with Crippen LogP contribution in [0.15, 0.2) is 72.9 Å². The van der Waals surface area contributed by atoms with Crippen molar-refractivity contribution in [2.45, 2.75) is 264 Å². The highest BCUT2D eigenvalue weighted by molar-refractivity contribution is 7.47. The van der Waals surface area contributed by atoms with Gasteiger partial charge in [0.1, 0.15) is 12.7 Å². The van der Waals surface area contributed by atoms with E-state index in [1.807, 2.05) is 0 Å². The highest BCUT2D eigenvalue weighted by Crippen LogP contribution is 2.43. The second-order valence-corrected chi connectivity index (χ2v) is 20.5. The van der Waals surface area contributed by atoms with Crippen molar-refractivity contribution in [2.24, 2.45) is 0 Å². The van der Waals surface area contributed by atoms with Gasteiger partial charge in [-0.3, -0.25) is 23.4 Å². The molecule has 0 fully saturated rings. The Morgan fingerprint density at radius 1 is 0.403 bits per heavy atom. The molecule has 72 heavy (non-hydrogen) atoms. The molecule has 0 aliphatic carbocycles. The molecule has 0 bridgehead atoms. The number of aliphatic hydroxyl groups excluding tert-OH is 1. The number of phosphoric acid groups is 1. The fourth-order valence-electron chi connectivity index (χ4n) is 7.73. The van der Waals surface area contributed by atoms with Crippen LogP contribution in [0, 0.1) is 0 Å². The molecule has 3 atom stereocenters. The Hall–Kier alpha value is -3.08. The van der Waals surface area contributed by atoms with Gasteiger partial charge in [-0.05, 0) is 89.9 Å². The zero-order valence-corrected chi connectivity index (χ0v) is 46.8. The molecule has 0 aromatic heterocycles. The average molecular weight is 1030 g/mol. The monoisotopic (exact) mass is 1030 g/mol. The maximum Gasteiger partial charge on any atom is 0.472 e. The van der Waals surface area contributed by atoms with Crippen molar-refractivity contribution in [3.8, 4) is 0 Å². The molecule has 0 saturated heterocycles. The lowest BCUT2D eigenvalue weighted by Gasteiger charge is -2.21. The number of hydrogen-bond acceptors (Lipinski definition) is 10. The molecule has 0 aromatic rings. The van der Waals surface area contributed by atoms with E-state index in [-0.39, 0.29) is 25.9 Å². The van der Waals surface area contributed by atoms with Crippen LogP contribution in [0.1, 0.15) is 252 Å². The van der Waals surface area contributed by atoms with Gasteiger partial charge in [-0.1, -0.05) is 216 Å². The SMILES string of the molecule is CC/C=C\C/C=C\C/C=C\C/C=C\CCCCCCCCC(=O)OC(COC(=O)CCCCCCC/C=C\C/C=C\CCCCC)COP(=O)(O)OCC(CO)OC(=O)CCCCCCCCCCCCC. The number of carbonyl (C=O) groups is 3. The number of phosphoric ester groups is 1. The molecule has 0 radical (unpaired) electrons. The van der Waals surface area contributed by atoms with Gasteiger partial charge >= 0.3 is 25.7 Å². The molecular formula is C60H105O11P. The van der Waals surface area contributed by atoms with E-state index in [2.05, 4.69) is 93.7 Å². The predicted octanol–water partition coefficient (Wildman–Crippen LogP) is 16.9. The Kier molecular flexibility index (Phi) is 51.9. The Balaban J connectivity index is 4.77. The van der Waals surface area contributed by atoms with E-state index in [1.165, 1.54) is 64.2 Å². The van der Waals surface area contributed by atoms with Gasteiger partial charge < -0.3 is 24.2 Å². The van der Waals surface area contributed by atoms with Crippen molar-refractivity contribution < 1.29 is 52.2 Å². The molecule has 11 nitrogen and oxygen atoms in total. The molecule has 0 amide bonds. The lowest BCUT2D eigenvalue weighted by atomic mass is 10.1. The number of carbonyl (C=O) groups excluding carboxylic acids is 3. The number of unbranched alkanes of at least 4 members (excludes halogenated alkanes) is 24. The lowest BCUT2D eigenvalue weighted by Crippen LogP contribution is -2.30. The van der Waals surface area contributed by atoms with Gasteiger partial charge in [0.2, 0.25) is 0 Å². The second kappa shape index (κ2) is 54.2. The Morgan fingerprint density at radius 2 is 0.722 bits per heavy atom. The molecule has 0 aliphatic rings. The number of allylic oxidation sites excluding steroid dienone is 12. The Morgan fingerprint density at radius 3 is 1.14 bits per heavy atom. The molecule has 0 rings (SSSR count). The standard InChI is InChI=1S/C60H105O11P/c1-4-7-10-13-16-19-22-24-26-27-28-29-31-33-36-39-42-45-48-51-60(64)71-57(53-67-58(62)49-46-43-40-37-35-32-30-25-23-20-17-14-11-8-5-2)55-69-72(65,66)68-54-56(52-61)70-59(63)50-47-44-41-38-34-21-18-15-12-9-6-3/h7,10,16-17,19-20,24-26,28-30,56-57,61H,4-6,8-9,11-15,18,21-23,27,31-55H2,1-3H3,(H,65,66)/b10-7-,19-16-,20-17-,26-24-,29-28-,30-25-. The third kappa shape index (κ3) is 51.8. The van der Waals surface area contributed by atoms with Gasteiger partial charge in [0, 0.05) is 19.3 Å². The van der Waals surface area contributed by atoms with E-state index in [0.29, 0.717) is 19.3 Å². The van der Waals surface area contributed by atoms with Crippen molar-refractivity contribution in [1.29, 1.82) is 0 Å². The largest absolute Gasteiger partial charge is 0.472 e. The minimum absolute atomic E-state index is 0.147. The van der Waals surface area contributed by atoms with Crippen molar-refractivity contribution in [3.05, 3.63) is 72.9 Å². The minimum atomic E-state index is -4.75. The van der Waals surface area contributed by atoms with E-state index in [0.717, 1.165) is 128 Å². The van der Waals surface area contributed by atoms with Crippen LogP contribution >= 0.6 is 7.82 Å². The number of aliphatic hydroxyl groups is 1. The highest BCUT2D eigenvalue weighted by atomic mass is 31.2. The van der Waals surface area contributed by atoms with Gasteiger partial charge in [-0.2, -0.15) is 0 Å². The van der Waals surface area contributed by atoms with Gasteiger partial charge in [-0.15, -0.1) is 0 Å². The van der Waals surface area contributed by atoms with Gasteiger partial charge in [-0.25, -0.2) is 4.57 Å². The maximum absolute atomic E-state index is 12.9. The smallest absolute Gasteiger partial charge is 0.462 e. The molecule has 0 saturated carbocycles. The first kappa shape index (κ1) is 68.9. The summed E-state index contributed by atoms with van der Waals surface area (Å²) in [6.07, 6.45) is 60.0. The summed E-state index contributed by atoms with van der Waals surface area (Å²) >= 11 is 0. The van der Waals surface area contributed by atoms with Crippen molar-refractivity contribution in [2.75, 3.05) is 26.4 Å². The Labute approximate surface area is 439 Å². The summed E-state index contributed by atoms with van der Waals surface area (Å²) in [6, 6.07) is 0. The van der Waals surface area contributed by atoms with Crippen molar-refractivity contribution in [1.82, 2.24) is 0 Å². The summed E-state index contributed by atoms with van der Waals surface area (Å²) in [5.74, 6) is -1.49. The molecule has 3 unspecified atom stereocenters. The van der Waals surface area contributed by atoms with Crippen LogP contribution < -0.4 is 0 Å². The van der Waals surface area contributed by atoms with E-state index in [1.54, 1.807) is 0 Å². The molecule has 0 aliphatic heterocycles. The van der Waals surface area contributed by atoms with Crippen LogP contribution in [0.4, 0.5) is 0 Å². The molecule has 12 heteroatoms. The topological polar surface area (TPSA) is 155 Å². The van der Waals surface area contributed by atoms with E-state index >= 15 is 0 Å². The van der Waals surface area contributed by atoms with Crippen LogP contribution in [-0.4, -0.2) is 66.5 Å². The summed E-state index contributed by atoms with van der Waals surface area (Å²) in [7, 11) is -4.75. The summed E-state index contributed by atoms with van der Waals surface area (Å²) in [6.45, 7) is 4.47. The average Bonchev–Trinajstić information content (AvgIpc) is 3.37. The minimum Gasteiger partial charge on any atom is -0.462 e. The van der Waals surface area contributed by atoms with E-state index < -0.39 is 57.8 Å². The first-order valence-electron chi connectivity index (χ1n) is 28.8.